The van der Waals surface area contributed by atoms with E-state index in [1.807, 2.05) is 30.3 Å². The zero-order chi connectivity index (χ0) is 16.0. The van der Waals surface area contributed by atoms with E-state index in [4.69, 9.17) is 9.47 Å². The monoisotopic (exact) mass is 305 g/mol. The summed E-state index contributed by atoms with van der Waals surface area (Å²) in [5.41, 5.74) is 0.0515. The molecule has 0 saturated carbocycles. The quantitative estimate of drug-likeness (QED) is 0.785. The maximum Gasteiger partial charge on any atom is 0.410 e. The second kappa shape index (κ2) is 7.29. The molecule has 22 heavy (non-hydrogen) atoms. The van der Waals surface area contributed by atoms with Gasteiger partial charge in [-0.1, -0.05) is 30.3 Å². The number of carbonyl (C=O) groups is 2. The van der Waals surface area contributed by atoms with Gasteiger partial charge in [0.15, 0.2) is 0 Å². The highest BCUT2D eigenvalue weighted by Gasteiger charge is 2.51. The van der Waals surface area contributed by atoms with Crippen LogP contribution in [0.4, 0.5) is 4.79 Å². The molecule has 2 rings (SSSR count). The van der Waals surface area contributed by atoms with Crippen molar-refractivity contribution < 1.29 is 19.1 Å². The van der Waals surface area contributed by atoms with Gasteiger partial charge in [-0.15, -0.1) is 0 Å². The van der Waals surface area contributed by atoms with Gasteiger partial charge in [0.2, 0.25) is 0 Å². The highest BCUT2D eigenvalue weighted by atomic mass is 16.6. The molecule has 1 aliphatic rings. The van der Waals surface area contributed by atoms with Crippen molar-refractivity contribution in [2.75, 3.05) is 19.8 Å². The second-order valence-electron chi connectivity index (χ2n) is 5.37. The molecule has 1 aromatic rings. The van der Waals surface area contributed by atoms with Crippen LogP contribution in [0, 0.1) is 0 Å². The van der Waals surface area contributed by atoms with Crippen LogP contribution in [0.3, 0.4) is 0 Å². The number of likely N-dealkylation sites (tertiary alicyclic amines) is 1. The minimum Gasteiger partial charge on any atom is -0.464 e. The van der Waals surface area contributed by atoms with Crippen LogP contribution in [0.2, 0.25) is 0 Å². The number of hydrogen-bond acceptors (Lipinski definition) is 4. The minimum absolute atomic E-state index is 0.291. The molecule has 0 unspecified atom stereocenters. The lowest BCUT2D eigenvalue weighted by atomic mass is 9.88. The molecule has 0 radical (unpaired) electrons. The molecule has 1 amide bonds. The molecule has 0 aromatic heterocycles. The lowest BCUT2D eigenvalue weighted by Crippen LogP contribution is -2.55. The van der Waals surface area contributed by atoms with Gasteiger partial charge in [0, 0.05) is 13.0 Å². The summed E-state index contributed by atoms with van der Waals surface area (Å²) < 4.78 is 10.4. The fourth-order valence-electron chi connectivity index (χ4n) is 3.01. The Morgan fingerprint density at radius 3 is 2.45 bits per heavy atom. The third kappa shape index (κ3) is 3.24. The first kappa shape index (κ1) is 16.3. The fourth-order valence-corrected chi connectivity index (χ4v) is 3.01. The van der Waals surface area contributed by atoms with Crippen LogP contribution in [0.1, 0.15) is 32.3 Å². The van der Waals surface area contributed by atoms with Crippen molar-refractivity contribution in [1.82, 2.24) is 4.90 Å². The Morgan fingerprint density at radius 1 is 1.14 bits per heavy atom. The zero-order valence-electron chi connectivity index (χ0n) is 13.2. The van der Waals surface area contributed by atoms with Gasteiger partial charge in [0.05, 0.1) is 13.2 Å². The molecule has 120 valence electrons. The van der Waals surface area contributed by atoms with Crippen LogP contribution in [0.5, 0.6) is 0 Å². The largest absolute Gasteiger partial charge is 0.464 e. The molecule has 1 aromatic carbocycles. The predicted molar refractivity (Wildman–Crippen MR) is 82.5 cm³/mol. The molecule has 0 aliphatic carbocycles. The third-order valence-corrected chi connectivity index (χ3v) is 3.97. The molecular formula is C17H23NO4. The minimum atomic E-state index is -0.955. The molecule has 5 heteroatoms. The maximum atomic E-state index is 12.6. The Labute approximate surface area is 131 Å². The van der Waals surface area contributed by atoms with E-state index < -0.39 is 11.6 Å². The van der Waals surface area contributed by atoms with Gasteiger partial charge in [-0.3, -0.25) is 4.90 Å². The van der Waals surface area contributed by atoms with Gasteiger partial charge >= 0.3 is 12.1 Å². The van der Waals surface area contributed by atoms with Crippen LogP contribution in [0.15, 0.2) is 30.3 Å². The highest BCUT2D eigenvalue weighted by molar-refractivity contribution is 5.87. The summed E-state index contributed by atoms with van der Waals surface area (Å²) in [5, 5.41) is 0. The number of esters is 1. The molecule has 1 fully saturated rings. The third-order valence-electron chi connectivity index (χ3n) is 3.97. The number of ether oxygens (including phenoxy) is 2. The number of benzene rings is 1. The Hall–Kier alpha value is -2.04. The topological polar surface area (TPSA) is 55.8 Å². The molecular weight excluding hydrogens is 282 g/mol. The van der Waals surface area contributed by atoms with Crippen molar-refractivity contribution >= 4 is 12.1 Å². The van der Waals surface area contributed by atoms with E-state index in [1.165, 1.54) is 0 Å². The van der Waals surface area contributed by atoms with E-state index in [0.29, 0.717) is 32.6 Å². The van der Waals surface area contributed by atoms with Crippen LogP contribution < -0.4 is 0 Å². The maximum absolute atomic E-state index is 12.6. The van der Waals surface area contributed by atoms with Gasteiger partial charge < -0.3 is 9.47 Å². The van der Waals surface area contributed by atoms with Crippen molar-refractivity contribution in [3.05, 3.63) is 35.9 Å². The van der Waals surface area contributed by atoms with Crippen LogP contribution in [-0.4, -0.2) is 42.3 Å². The lowest BCUT2D eigenvalue weighted by Gasteiger charge is -2.35. The molecule has 1 atom stereocenters. The smallest absolute Gasteiger partial charge is 0.410 e. The molecule has 0 bridgehead atoms. The molecule has 1 aliphatic heterocycles. The summed E-state index contributed by atoms with van der Waals surface area (Å²) in [6, 6.07) is 9.71. The summed E-state index contributed by atoms with van der Waals surface area (Å²) in [5.74, 6) is -0.343. The number of rotatable bonds is 5. The van der Waals surface area contributed by atoms with E-state index in [2.05, 4.69) is 0 Å². The average Bonchev–Trinajstić information content (AvgIpc) is 2.94. The van der Waals surface area contributed by atoms with E-state index in [9.17, 15) is 9.59 Å². The summed E-state index contributed by atoms with van der Waals surface area (Å²) in [6.07, 6.45) is 1.37. The summed E-state index contributed by atoms with van der Waals surface area (Å²) in [4.78, 5) is 26.4. The number of hydrogen-bond donors (Lipinski definition) is 0. The van der Waals surface area contributed by atoms with E-state index in [-0.39, 0.29) is 5.97 Å². The molecule has 0 N–H and O–H groups in total. The first-order valence-corrected chi connectivity index (χ1v) is 7.79. The number of carbonyl (C=O) groups excluding carboxylic acids is 2. The SMILES string of the molecule is CCOC(=O)N1CCC[C@]1(Cc1ccccc1)C(=O)OCC. The normalized spacial score (nSPS) is 20.7. The van der Waals surface area contributed by atoms with Crippen molar-refractivity contribution in [2.45, 2.75) is 38.6 Å². The molecule has 5 nitrogen and oxygen atoms in total. The molecule has 0 spiro atoms. The summed E-state index contributed by atoms with van der Waals surface area (Å²) >= 11 is 0. The van der Waals surface area contributed by atoms with Crippen molar-refractivity contribution in [1.29, 1.82) is 0 Å². The molecule has 1 saturated heterocycles. The van der Waals surface area contributed by atoms with E-state index in [0.717, 1.165) is 12.0 Å². The first-order chi connectivity index (χ1) is 10.6. The Balaban J connectivity index is 2.32. The zero-order valence-corrected chi connectivity index (χ0v) is 13.2. The van der Waals surface area contributed by atoms with E-state index >= 15 is 0 Å². The highest BCUT2D eigenvalue weighted by Crippen LogP contribution is 2.34. The summed E-state index contributed by atoms with van der Waals surface area (Å²) in [7, 11) is 0. The van der Waals surface area contributed by atoms with Crippen molar-refractivity contribution in [3.8, 4) is 0 Å². The second-order valence-corrected chi connectivity index (χ2v) is 5.37. The average molecular weight is 305 g/mol. The van der Waals surface area contributed by atoms with Gasteiger partial charge in [-0.25, -0.2) is 9.59 Å². The Bertz CT molecular complexity index is 517. The fraction of sp³-hybridized carbons (Fsp3) is 0.529. The number of amides is 1. The lowest BCUT2D eigenvalue weighted by molar-refractivity contribution is -0.155. The van der Waals surface area contributed by atoms with E-state index in [1.54, 1.807) is 18.7 Å². The van der Waals surface area contributed by atoms with Gasteiger partial charge in [-0.05, 0) is 32.3 Å². The van der Waals surface area contributed by atoms with Crippen LogP contribution in [-0.2, 0) is 20.7 Å². The van der Waals surface area contributed by atoms with Crippen molar-refractivity contribution in [2.24, 2.45) is 0 Å². The predicted octanol–water partition coefficient (Wildman–Crippen LogP) is 2.78. The van der Waals surface area contributed by atoms with Gasteiger partial charge in [0.1, 0.15) is 5.54 Å². The van der Waals surface area contributed by atoms with Gasteiger partial charge in [-0.2, -0.15) is 0 Å². The van der Waals surface area contributed by atoms with Gasteiger partial charge in [0.25, 0.3) is 0 Å². The summed E-state index contributed by atoms with van der Waals surface area (Å²) in [6.45, 7) is 4.64. The standard InChI is InChI=1S/C17H23NO4/c1-3-21-15(19)17(13-14-9-6-5-7-10-14)11-8-12-18(17)16(20)22-4-2/h5-7,9-10H,3-4,8,11-13H2,1-2H3/t17-/m0/s1. The van der Waals surface area contributed by atoms with Crippen molar-refractivity contribution in [3.63, 3.8) is 0 Å². The molecule has 1 heterocycles. The van der Waals surface area contributed by atoms with Crippen LogP contribution >= 0.6 is 0 Å². The van der Waals surface area contributed by atoms with Crippen LogP contribution in [0.25, 0.3) is 0 Å². The Morgan fingerprint density at radius 2 is 1.82 bits per heavy atom. The number of nitrogens with zero attached hydrogens (tertiary/aromatic N) is 1. The first-order valence-electron chi connectivity index (χ1n) is 7.79. The Kier molecular flexibility index (Phi) is 5.41.